The summed E-state index contributed by atoms with van der Waals surface area (Å²) in [5.74, 6) is -6.91. The minimum atomic E-state index is -1.68. The van der Waals surface area contributed by atoms with Crippen LogP contribution >= 0.6 is 0 Å². The van der Waals surface area contributed by atoms with Gasteiger partial charge in [0.1, 0.15) is 25.4 Å². The first-order valence-corrected chi connectivity index (χ1v) is 16.8. The third-order valence-corrected chi connectivity index (χ3v) is 7.48. The average molecular weight is 785 g/mol. The summed E-state index contributed by atoms with van der Waals surface area (Å²) in [6.45, 7) is 9.22. The predicted molar refractivity (Wildman–Crippen MR) is 176 cm³/mol. The van der Waals surface area contributed by atoms with Crippen LogP contribution in [-0.2, 0) is 85.7 Å². The van der Waals surface area contributed by atoms with Crippen molar-refractivity contribution in [2.24, 2.45) is 0 Å². The van der Waals surface area contributed by atoms with Gasteiger partial charge >= 0.3 is 47.8 Å². The quantitative estimate of drug-likeness (QED) is 0.188. The fraction of sp³-hybridized carbons (Fsp3) is 0.600. The highest BCUT2D eigenvalue weighted by atomic mass is 16.8. The molecule has 55 heavy (non-hydrogen) atoms. The average Bonchev–Trinajstić information content (AvgIpc) is 3.04. The van der Waals surface area contributed by atoms with Gasteiger partial charge in [-0.1, -0.05) is 6.07 Å². The van der Waals surface area contributed by atoms with E-state index in [9.17, 15) is 38.4 Å². The third-order valence-electron chi connectivity index (χ3n) is 7.48. The first-order valence-electron chi connectivity index (χ1n) is 16.8. The largest absolute Gasteiger partial charge is 0.463 e. The SMILES string of the molecule is CC(=O)OC[C@H]1O[C@@H](Oc2ccc(C)cc2O[C@@H]2O[C@H](COC(C)=O)[C@@H](OC(C)=O)[C@H](OC(C)=O)[C@H]2OC(C)=O)[C@H](OC(C)=O)[C@@H](OC(C)=O)[C@@H]1OC(C)=O. The molecule has 2 fully saturated rings. The molecule has 0 aromatic heterocycles. The fourth-order valence-corrected chi connectivity index (χ4v) is 5.62. The number of carbonyl (C=O) groups excluding carboxylic acids is 8. The van der Waals surface area contributed by atoms with Gasteiger partial charge < -0.3 is 56.8 Å². The van der Waals surface area contributed by atoms with Crippen LogP contribution in [0.25, 0.3) is 0 Å². The number of rotatable bonds is 14. The van der Waals surface area contributed by atoms with Crippen LogP contribution in [0.15, 0.2) is 18.2 Å². The van der Waals surface area contributed by atoms with E-state index in [1.807, 2.05) is 0 Å². The highest BCUT2D eigenvalue weighted by molar-refractivity contribution is 5.70. The molecule has 0 N–H and O–H groups in total. The number of esters is 8. The molecule has 0 bridgehead atoms. The third kappa shape index (κ3) is 13.1. The lowest BCUT2D eigenvalue weighted by atomic mass is 9.98. The molecule has 0 aliphatic carbocycles. The van der Waals surface area contributed by atoms with E-state index in [0.29, 0.717) is 5.56 Å². The second kappa shape index (κ2) is 19.7. The molecule has 1 aromatic rings. The molecule has 20 nitrogen and oxygen atoms in total. The van der Waals surface area contributed by atoms with Crippen molar-refractivity contribution in [3.63, 3.8) is 0 Å². The van der Waals surface area contributed by atoms with Crippen molar-refractivity contribution < 1.29 is 95.2 Å². The molecule has 0 unspecified atom stereocenters. The number of aryl methyl sites for hydroxylation is 1. The first kappa shape index (κ1) is 43.9. The van der Waals surface area contributed by atoms with Gasteiger partial charge in [-0.2, -0.15) is 0 Å². The molecule has 0 amide bonds. The van der Waals surface area contributed by atoms with Gasteiger partial charge in [0, 0.05) is 55.4 Å². The van der Waals surface area contributed by atoms with Gasteiger partial charge in [-0.05, 0) is 24.6 Å². The maximum atomic E-state index is 12.4. The Morgan fingerprint density at radius 1 is 0.455 bits per heavy atom. The predicted octanol–water partition coefficient (Wildman–Crippen LogP) is 0.919. The van der Waals surface area contributed by atoms with Crippen molar-refractivity contribution >= 4 is 47.8 Å². The van der Waals surface area contributed by atoms with E-state index in [0.717, 1.165) is 55.4 Å². The van der Waals surface area contributed by atoms with E-state index in [2.05, 4.69) is 0 Å². The summed E-state index contributed by atoms with van der Waals surface area (Å²) >= 11 is 0. The van der Waals surface area contributed by atoms with Gasteiger partial charge in [-0.3, -0.25) is 38.4 Å². The van der Waals surface area contributed by atoms with Crippen molar-refractivity contribution in [2.45, 2.75) is 124 Å². The van der Waals surface area contributed by atoms with E-state index >= 15 is 0 Å². The molecule has 0 spiro atoms. The molecule has 2 aliphatic rings. The first-order chi connectivity index (χ1) is 25.7. The van der Waals surface area contributed by atoms with Crippen LogP contribution in [0.5, 0.6) is 11.5 Å². The Hall–Kier alpha value is -5.50. The van der Waals surface area contributed by atoms with Crippen molar-refractivity contribution in [1.82, 2.24) is 0 Å². The molecule has 2 saturated heterocycles. The molecule has 3 rings (SSSR count). The summed E-state index contributed by atoms with van der Waals surface area (Å²) in [5.41, 5.74) is 0.578. The standard InChI is InChI=1S/C35H44O20/c1-15-10-11-24(52-34-32(50-22(8)42)30(48-20(6)40)28(46-18(4)38)26(54-34)13-44-16(2)36)25(12-15)53-35-33(51-23(9)43)31(49-21(7)41)29(47-19(5)39)27(55-35)14-45-17(3)37/h10-12,26-35H,13-14H2,1-9H3/t26-,27-,28-,29-,30+,31+,32-,33-,34-,35-/m1/s1. The Labute approximate surface area is 315 Å². The summed E-state index contributed by atoms with van der Waals surface area (Å²) < 4.78 is 67.5. The van der Waals surface area contributed by atoms with Crippen LogP contribution in [0.1, 0.15) is 61.0 Å². The molecule has 2 heterocycles. The fourth-order valence-electron chi connectivity index (χ4n) is 5.62. The number of benzene rings is 1. The lowest BCUT2D eigenvalue weighted by Gasteiger charge is -2.44. The van der Waals surface area contributed by atoms with Crippen molar-refractivity contribution in [3.05, 3.63) is 23.8 Å². The highest BCUT2D eigenvalue weighted by Crippen LogP contribution is 2.38. The van der Waals surface area contributed by atoms with Crippen LogP contribution in [0.3, 0.4) is 0 Å². The molecule has 304 valence electrons. The Morgan fingerprint density at radius 3 is 1.13 bits per heavy atom. The van der Waals surface area contributed by atoms with Gasteiger partial charge in [0.05, 0.1) is 0 Å². The van der Waals surface area contributed by atoms with Crippen LogP contribution in [0, 0.1) is 6.92 Å². The van der Waals surface area contributed by atoms with Crippen LogP contribution in [-0.4, -0.2) is 122 Å². The highest BCUT2D eigenvalue weighted by Gasteiger charge is 2.55. The van der Waals surface area contributed by atoms with Gasteiger partial charge in [0.2, 0.25) is 24.8 Å². The van der Waals surface area contributed by atoms with Gasteiger partial charge in [0.25, 0.3) is 0 Å². The van der Waals surface area contributed by atoms with E-state index in [1.54, 1.807) is 13.0 Å². The molecular weight excluding hydrogens is 740 g/mol. The zero-order valence-electron chi connectivity index (χ0n) is 31.6. The zero-order valence-corrected chi connectivity index (χ0v) is 31.6. The van der Waals surface area contributed by atoms with Crippen molar-refractivity contribution in [3.8, 4) is 11.5 Å². The summed E-state index contributed by atoms with van der Waals surface area (Å²) in [7, 11) is 0. The zero-order chi connectivity index (χ0) is 41.1. The minimum Gasteiger partial charge on any atom is -0.463 e. The van der Waals surface area contributed by atoms with E-state index in [1.165, 1.54) is 12.1 Å². The monoisotopic (exact) mass is 784 g/mol. The molecule has 20 heteroatoms. The molecule has 2 aliphatic heterocycles. The molecule has 1 aromatic carbocycles. The van der Waals surface area contributed by atoms with Crippen LogP contribution < -0.4 is 9.47 Å². The summed E-state index contributed by atoms with van der Waals surface area (Å²) in [6, 6.07) is 4.44. The number of ether oxygens (including phenoxy) is 12. The molecule has 0 saturated carbocycles. The summed E-state index contributed by atoms with van der Waals surface area (Å²) in [6.07, 6.45) is -15.3. The number of hydrogen-bond donors (Lipinski definition) is 0. The van der Waals surface area contributed by atoms with E-state index in [-0.39, 0.29) is 11.5 Å². The van der Waals surface area contributed by atoms with Crippen molar-refractivity contribution in [1.29, 1.82) is 0 Å². The smallest absolute Gasteiger partial charge is 0.303 e. The number of carbonyl (C=O) groups is 8. The number of hydrogen-bond acceptors (Lipinski definition) is 20. The Morgan fingerprint density at radius 2 is 0.782 bits per heavy atom. The maximum Gasteiger partial charge on any atom is 0.303 e. The Bertz CT molecular complexity index is 1610. The molecule has 10 atom stereocenters. The lowest BCUT2D eigenvalue weighted by molar-refractivity contribution is -0.292. The molecular formula is C35H44O20. The van der Waals surface area contributed by atoms with Crippen molar-refractivity contribution in [2.75, 3.05) is 13.2 Å². The topological polar surface area (TPSA) is 247 Å². The molecule has 0 radical (unpaired) electrons. The maximum absolute atomic E-state index is 12.4. The minimum absolute atomic E-state index is 0.145. The van der Waals surface area contributed by atoms with Gasteiger partial charge in [-0.25, -0.2) is 0 Å². The second-order valence-corrected chi connectivity index (χ2v) is 12.3. The lowest BCUT2D eigenvalue weighted by Crippen LogP contribution is -2.64. The Balaban J connectivity index is 2.14. The summed E-state index contributed by atoms with van der Waals surface area (Å²) in [5, 5.41) is 0. The van der Waals surface area contributed by atoms with Crippen LogP contribution in [0.2, 0.25) is 0 Å². The van der Waals surface area contributed by atoms with Gasteiger partial charge in [0.15, 0.2) is 35.9 Å². The normalized spacial score (nSPS) is 27.2. The van der Waals surface area contributed by atoms with E-state index < -0.39 is 122 Å². The second-order valence-electron chi connectivity index (χ2n) is 12.3. The van der Waals surface area contributed by atoms with Gasteiger partial charge in [-0.15, -0.1) is 0 Å². The van der Waals surface area contributed by atoms with Crippen LogP contribution in [0.4, 0.5) is 0 Å². The summed E-state index contributed by atoms with van der Waals surface area (Å²) in [4.78, 5) is 97.1. The van der Waals surface area contributed by atoms with E-state index in [4.69, 9.17) is 56.8 Å². The Kier molecular flexibility index (Phi) is 15.7.